The van der Waals surface area contributed by atoms with Crippen LogP contribution < -0.4 is 5.32 Å². The fraction of sp³-hybridized carbons (Fsp3) is 1.00. The second kappa shape index (κ2) is 4.96. The average molecular weight is 205 g/mol. The van der Waals surface area contributed by atoms with Gasteiger partial charge >= 0.3 is 0 Å². The van der Waals surface area contributed by atoms with Crippen molar-refractivity contribution in [3.05, 3.63) is 0 Å². The second-order valence-electron chi connectivity index (χ2n) is 3.84. The van der Waals surface area contributed by atoms with E-state index in [0.29, 0.717) is 17.4 Å². The number of hydrogen-bond donors (Lipinski definition) is 1. The fourth-order valence-corrected chi connectivity index (χ4v) is 3.38. The van der Waals surface area contributed by atoms with E-state index in [1.807, 2.05) is 7.05 Å². The summed E-state index contributed by atoms with van der Waals surface area (Å²) in [5.74, 6) is 1.48. The maximum Gasteiger partial charge on any atom is 0.150 e. The van der Waals surface area contributed by atoms with Crippen LogP contribution in [0.1, 0.15) is 25.7 Å². The predicted molar refractivity (Wildman–Crippen MR) is 54.5 cm³/mol. The lowest BCUT2D eigenvalue weighted by Crippen LogP contribution is -2.23. The largest absolute Gasteiger partial charge is 0.320 e. The third-order valence-corrected chi connectivity index (χ3v) is 4.43. The van der Waals surface area contributed by atoms with Crippen molar-refractivity contribution >= 4 is 9.84 Å². The third kappa shape index (κ3) is 4.09. The highest BCUT2D eigenvalue weighted by Gasteiger charge is 2.22. The van der Waals surface area contributed by atoms with E-state index in [1.54, 1.807) is 0 Å². The normalized spacial score (nSPS) is 23.2. The summed E-state index contributed by atoms with van der Waals surface area (Å²) in [6.45, 7) is 1.04. The zero-order valence-corrected chi connectivity index (χ0v) is 9.07. The second-order valence-corrected chi connectivity index (χ2v) is 6.14. The molecule has 0 saturated carbocycles. The fourth-order valence-electron chi connectivity index (χ4n) is 1.80. The molecule has 0 spiro atoms. The van der Waals surface area contributed by atoms with Crippen LogP contribution in [-0.2, 0) is 9.84 Å². The van der Waals surface area contributed by atoms with Crippen molar-refractivity contribution in [1.29, 1.82) is 0 Å². The Bertz CT molecular complexity index is 222. The molecule has 1 saturated heterocycles. The van der Waals surface area contributed by atoms with E-state index in [9.17, 15) is 8.42 Å². The summed E-state index contributed by atoms with van der Waals surface area (Å²) in [7, 11) is -0.712. The Morgan fingerprint density at radius 2 is 1.92 bits per heavy atom. The van der Waals surface area contributed by atoms with Crippen molar-refractivity contribution in [2.24, 2.45) is 5.92 Å². The van der Waals surface area contributed by atoms with E-state index in [2.05, 4.69) is 5.32 Å². The highest BCUT2D eigenvalue weighted by molar-refractivity contribution is 7.91. The lowest BCUT2D eigenvalue weighted by Gasteiger charge is -2.21. The van der Waals surface area contributed by atoms with Gasteiger partial charge in [0.15, 0.2) is 0 Å². The Balaban J connectivity index is 2.18. The maximum absolute atomic E-state index is 11.1. The quantitative estimate of drug-likeness (QED) is 0.691. The summed E-state index contributed by atoms with van der Waals surface area (Å²) in [4.78, 5) is 0. The predicted octanol–water partition coefficient (Wildman–Crippen LogP) is 0.811. The number of rotatable bonds is 4. The molecule has 0 aliphatic carbocycles. The van der Waals surface area contributed by atoms with Gasteiger partial charge in [0, 0.05) is 0 Å². The average Bonchev–Trinajstić information content (AvgIpc) is 2.08. The van der Waals surface area contributed by atoms with Crippen LogP contribution in [0, 0.1) is 5.92 Å². The smallest absolute Gasteiger partial charge is 0.150 e. The summed E-state index contributed by atoms with van der Waals surface area (Å²) in [5, 5.41) is 3.11. The minimum Gasteiger partial charge on any atom is -0.320 e. The molecule has 3 nitrogen and oxygen atoms in total. The topological polar surface area (TPSA) is 46.2 Å². The molecule has 0 aromatic carbocycles. The molecule has 4 heteroatoms. The van der Waals surface area contributed by atoms with Gasteiger partial charge in [0.25, 0.3) is 0 Å². The van der Waals surface area contributed by atoms with Gasteiger partial charge in [-0.2, -0.15) is 0 Å². The molecule has 0 atom stereocenters. The minimum atomic E-state index is -2.66. The van der Waals surface area contributed by atoms with Gasteiger partial charge < -0.3 is 5.32 Å². The first-order valence-corrected chi connectivity index (χ1v) is 6.81. The molecule has 0 aromatic rings. The van der Waals surface area contributed by atoms with Crippen LogP contribution in [0.15, 0.2) is 0 Å². The Morgan fingerprint density at radius 3 is 2.46 bits per heavy atom. The van der Waals surface area contributed by atoms with Gasteiger partial charge in [0.05, 0.1) is 11.5 Å². The lowest BCUT2D eigenvalue weighted by molar-refractivity contribution is 0.421. The lowest BCUT2D eigenvalue weighted by atomic mass is 9.97. The first kappa shape index (κ1) is 11.0. The molecule has 1 aliphatic heterocycles. The van der Waals surface area contributed by atoms with Gasteiger partial charge in [0.2, 0.25) is 0 Å². The van der Waals surface area contributed by atoms with Crippen LogP contribution in [0.2, 0.25) is 0 Å². The van der Waals surface area contributed by atoms with Gasteiger partial charge in [-0.25, -0.2) is 8.42 Å². The molecule has 13 heavy (non-hydrogen) atoms. The van der Waals surface area contributed by atoms with Crippen molar-refractivity contribution in [3.63, 3.8) is 0 Å². The molecule has 1 heterocycles. The van der Waals surface area contributed by atoms with Crippen LogP contribution in [0.5, 0.6) is 0 Å². The molecule has 0 unspecified atom stereocenters. The van der Waals surface area contributed by atoms with E-state index >= 15 is 0 Å². The molecule has 0 radical (unpaired) electrons. The highest BCUT2D eigenvalue weighted by Crippen LogP contribution is 2.22. The van der Waals surface area contributed by atoms with Gasteiger partial charge in [-0.05, 0) is 45.2 Å². The molecule has 1 aliphatic rings. The summed E-state index contributed by atoms with van der Waals surface area (Å²) in [6.07, 6.45) is 4.11. The zero-order chi connectivity index (χ0) is 9.73. The number of hydrogen-bond acceptors (Lipinski definition) is 3. The first-order valence-electron chi connectivity index (χ1n) is 4.99. The van der Waals surface area contributed by atoms with E-state index in [-0.39, 0.29) is 0 Å². The maximum atomic E-state index is 11.1. The van der Waals surface area contributed by atoms with E-state index in [4.69, 9.17) is 0 Å². The molecular formula is C9H19NO2S. The Morgan fingerprint density at radius 1 is 1.31 bits per heavy atom. The SMILES string of the molecule is CNCCCC1CCS(=O)(=O)CC1. The monoisotopic (exact) mass is 205 g/mol. The van der Waals surface area contributed by atoms with Gasteiger partial charge in [-0.3, -0.25) is 0 Å². The molecular weight excluding hydrogens is 186 g/mol. The standard InChI is InChI=1S/C9H19NO2S/c1-10-6-2-3-9-4-7-13(11,12)8-5-9/h9-10H,2-8H2,1H3. The molecule has 0 bridgehead atoms. The van der Waals surface area contributed by atoms with Crippen LogP contribution in [-0.4, -0.2) is 33.5 Å². The van der Waals surface area contributed by atoms with Gasteiger partial charge in [-0.1, -0.05) is 0 Å². The summed E-state index contributed by atoms with van der Waals surface area (Å²) in [5.41, 5.74) is 0. The third-order valence-electron chi connectivity index (χ3n) is 2.71. The van der Waals surface area contributed by atoms with E-state index in [1.165, 1.54) is 12.8 Å². The van der Waals surface area contributed by atoms with Gasteiger partial charge in [0.1, 0.15) is 9.84 Å². The van der Waals surface area contributed by atoms with Gasteiger partial charge in [-0.15, -0.1) is 0 Å². The molecule has 1 N–H and O–H groups in total. The summed E-state index contributed by atoms with van der Waals surface area (Å²) in [6, 6.07) is 0. The Kier molecular flexibility index (Phi) is 4.19. The summed E-state index contributed by atoms with van der Waals surface area (Å²) < 4.78 is 22.2. The molecule has 78 valence electrons. The Labute approximate surface area is 80.8 Å². The minimum absolute atomic E-state index is 0.414. The first-order chi connectivity index (χ1) is 6.14. The Hall–Kier alpha value is -0.0900. The van der Waals surface area contributed by atoms with Crippen LogP contribution in [0.4, 0.5) is 0 Å². The van der Waals surface area contributed by atoms with Crippen molar-refractivity contribution in [2.75, 3.05) is 25.1 Å². The zero-order valence-electron chi connectivity index (χ0n) is 8.25. The van der Waals surface area contributed by atoms with E-state index in [0.717, 1.165) is 19.4 Å². The molecule has 1 rings (SSSR count). The summed E-state index contributed by atoms with van der Waals surface area (Å²) >= 11 is 0. The van der Waals surface area contributed by atoms with Crippen LogP contribution >= 0.6 is 0 Å². The number of sulfone groups is 1. The van der Waals surface area contributed by atoms with Crippen molar-refractivity contribution < 1.29 is 8.42 Å². The van der Waals surface area contributed by atoms with Crippen molar-refractivity contribution in [2.45, 2.75) is 25.7 Å². The molecule has 1 fully saturated rings. The highest BCUT2D eigenvalue weighted by atomic mass is 32.2. The van der Waals surface area contributed by atoms with Crippen molar-refractivity contribution in [3.8, 4) is 0 Å². The van der Waals surface area contributed by atoms with Crippen LogP contribution in [0.3, 0.4) is 0 Å². The number of nitrogens with one attached hydrogen (secondary N) is 1. The molecule has 0 amide bonds. The molecule has 0 aromatic heterocycles. The van der Waals surface area contributed by atoms with Crippen molar-refractivity contribution in [1.82, 2.24) is 5.32 Å². The van der Waals surface area contributed by atoms with E-state index < -0.39 is 9.84 Å². The van der Waals surface area contributed by atoms with Crippen LogP contribution in [0.25, 0.3) is 0 Å².